The second kappa shape index (κ2) is 6.41. The number of benzene rings is 1. The number of sulfonamides is 1. The van der Waals surface area contributed by atoms with Gasteiger partial charge in [-0.2, -0.15) is 0 Å². The fourth-order valence-corrected chi connectivity index (χ4v) is 3.97. The zero-order valence-electron chi connectivity index (χ0n) is 10.3. The normalized spacial score (nSPS) is 20.4. The first kappa shape index (κ1) is 15.1. The van der Waals surface area contributed by atoms with Gasteiger partial charge in [0.05, 0.1) is 10.0 Å². The number of rotatable bonds is 4. The van der Waals surface area contributed by atoms with E-state index < -0.39 is 10.0 Å². The summed E-state index contributed by atoms with van der Waals surface area (Å²) in [5, 5.41) is 3.56. The van der Waals surface area contributed by atoms with Gasteiger partial charge in [0.2, 0.25) is 10.0 Å². The van der Waals surface area contributed by atoms with Crippen LogP contribution in [0.4, 0.5) is 0 Å². The van der Waals surface area contributed by atoms with Crippen molar-refractivity contribution < 1.29 is 8.42 Å². The molecule has 0 unspecified atom stereocenters. The highest BCUT2D eigenvalue weighted by Crippen LogP contribution is 2.28. The molecule has 1 fully saturated rings. The largest absolute Gasteiger partial charge is 0.316 e. The molecule has 0 spiro atoms. The smallest absolute Gasteiger partial charge is 0.242 e. The zero-order valence-corrected chi connectivity index (χ0v) is 12.7. The molecule has 1 aliphatic rings. The summed E-state index contributed by atoms with van der Waals surface area (Å²) in [4.78, 5) is 0.0328. The lowest BCUT2D eigenvalue weighted by atomic mass is 10.0. The highest BCUT2D eigenvalue weighted by atomic mass is 35.5. The lowest BCUT2D eigenvalue weighted by Crippen LogP contribution is -2.38. The van der Waals surface area contributed by atoms with Crippen LogP contribution in [0.15, 0.2) is 23.1 Å². The van der Waals surface area contributed by atoms with Crippen LogP contribution in [0.5, 0.6) is 0 Å². The maximum atomic E-state index is 12.2. The molecule has 0 aliphatic carbocycles. The molecule has 1 aromatic carbocycles. The molecule has 1 heterocycles. The predicted molar refractivity (Wildman–Crippen MR) is 77.2 cm³/mol. The molecule has 2 rings (SSSR count). The molecule has 1 saturated heterocycles. The fourth-order valence-electron chi connectivity index (χ4n) is 2.10. The monoisotopic (exact) mass is 322 g/mol. The van der Waals surface area contributed by atoms with E-state index in [-0.39, 0.29) is 14.9 Å². The average molecular weight is 323 g/mol. The molecule has 106 valence electrons. The highest BCUT2D eigenvalue weighted by Gasteiger charge is 2.21. The Morgan fingerprint density at radius 2 is 2.16 bits per heavy atom. The minimum Gasteiger partial charge on any atom is -0.316 e. The van der Waals surface area contributed by atoms with Gasteiger partial charge in [0.15, 0.2) is 0 Å². The van der Waals surface area contributed by atoms with Gasteiger partial charge in [0.1, 0.15) is 4.90 Å². The van der Waals surface area contributed by atoms with Crippen LogP contribution in [0, 0.1) is 5.92 Å². The van der Waals surface area contributed by atoms with Crippen molar-refractivity contribution in [3.05, 3.63) is 28.2 Å². The Morgan fingerprint density at radius 3 is 2.84 bits per heavy atom. The molecule has 0 aromatic heterocycles. The minimum absolute atomic E-state index is 0.0328. The van der Waals surface area contributed by atoms with Crippen LogP contribution >= 0.6 is 23.2 Å². The maximum absolute atomic E-state index is 12.2. The molecule has 1 aliphatic heterocycles. The lowest BCUT2D eigenvalue weighted by molar-refractivity contribution is 0.376. The second-order valence-electron chi connectivity index (χ2n) is 4.62. The molecule has 0 radical (unpaired) electrons. The Balaban J connectivity index is 2.07. The van der Waals surface area contributed by atoms with Crippen molar-refractivity contribution in [3.8, 4) is 0 Å². The maximum Gasteiger partial charge on any atom is 0.242 e. The Morgan fingerprint density at radius 1 is 1.37 bits per heavy atom. The zero-order chi connectivity index (χ0) is 13.9. The average Bonchev–Trinajstić information content (AvgIpc) is 2.41. The first-order valence-corrected chi connectivity index (χ1v) is 8.39. The third kappa shape index (κ3) is 3.83. The van der Waals surface area contributed by atoms with E-state index in [1.807, 2.05) is 0 Å². The van der Waals surface area contributed by atoms with Crippen LogP contribution in [0.3, 0.4) is 0 Å². The summed E-state index contributed by atoms with van der Waals surface area (Å²) < 4.78 is 26.9. The van der Waals surface area contributed by atoms with Gasteiger partial charge in [-0.3, -0.25) is 0 Å². The molecule has 2 N–H and O–H groups in total. The molecule has 0 saturated carbocycles. The third-order valence-corrected chi connectivity index (χ3v) is 5.56. The van der Waals surface area contributed by atoms with Crippen LogP contribution < -0.4 is 10.0 Å². The summed E-state index contributed by atoms with van der Waals surface area (Å²) in [5.41, 5.74) is 0. The van der Waals surface area contributed by atoms with E-state index in [0.717, 1.165) is 25.9 Å². The third-order valence-electron chi connectivity index (χ3n) is 3.17. The summed E-state index contributed by atoms with van der Waals surface area (Å²) in [6.07, 6.45) is 2.10. The van der Waals surface area contributed by atoms with Crippen molar-refractivity contribution in [3.63, 3.8) is 0 Å². The van der Waals surface area contributed by atoms with Gasteiger partial charge in [0.25, 0.3) is 0 Å². The molecule has 1 aromatic rings. The van der Waals surface area contributed by atoms with Crippen LogP contribution in [0.1, 0.15) is 12.8 Å². The number of halogens is 2. The Labute approximate surface area is 123 Å². The summed E-state index contributed by atoms with van der Waals surface area (Å²) in [5.74, 6) is 0.321. The van der Waals surface area contributed by atoms with Crippen molar-refractivity contribution in [2.24, 2.45) is 5.92 Å². The Bertz CT molecular complexity index is 543. The Hall–Kier alpha value is -0.330. The van der Waals surface area contributed by atoms with E-state index in [0.29, 0.717) is 12.5 Å². The van der Waals surface area contributed by atoms with Gasteiger partial charge in [-0.1, -0.05) is 29.3 Å². The van der Waals surface area contributed by atoms with Gasteiger partial charge in [-0.05, 0) is 44.0 Å². The highest BCUT2D eigenvalue weighted by molar-refractivity contribution is 7.89. The molecule has 1 atom stereocenters. The number of hydrogen-bond donors (Lipinski definition) is 2. The molecule has 0 bridgehead atoms. The molecule has 4 nitrogen and oxygen atoms in total. The van der Waals surface area contributed by atoms with E-state index in [1.165, 1.54) is 6.07 Å². The van der Waals surface area contributed by atoms with Crippen LogP contribution in [0.25, 0.3) is 0 Å². The van der Waals surface area contributed by atoms with E-state index in [4.69, 9.17) is 23.2 Å². The summed E-state index contributed by atoms with van der Waals surface area (Å²) in [6, 6.07) is 4.59. The standard InChI is InChI=1S/C12H16Cl2N2O2S/c13-10-4-1-5-11(12(10)14)19(17,18)16-8-9-3-2-6-15-7-9/h1,4-5,9,15-16H,2-3,6-8H2/t9-/m1/s1. The van der Waals surface area contributed by atoms with Gasteiger partial charge in [-0.15, -0.1) is 0 Å². The lowest BCUT2D eigenvalue weighted by Gasteiger charge is -2.23. The first-order chi connectivity index (χ1) is 9.00. The molecule has 0 amide bonds. The Kier molecular flexibility index (Phi) is 5.09. The number of hydrogen-bond acceptors (Lipinski definition) is 3. The van der Waals surface area contributed by atoms with Gasteiger partial charge in [-0.25, -0.2) is 13.1 Å². The van der Waals surface area contributed by atoms with Crippen molar-refractivity contribution in [2.75, 3.05) is 19.6 Å². The van der Waals surface area contributed by atoms with Crippen molar-refractivity contribution in [1.29, 1.82) is 0 Å². The van der Waals surface area contributed by atoms with Gasteiger partial charge >= 0.3 is 0 Å². The SMILES string of the molecule is O=S(=O)(NC[C@@H]1CCCNC1)c1cccc(Cl)c1Cl. The molecular weight excluding hydrogens is 307 g/mol. The quantitative estimate of drug-likeness (QED) is 0.894. The van der Waals surface area contributed by atoms with E-state index in [1.54, 1.807) is 12.1 Å². The molecule has 7 heteroatoms. The molecular formula is C12H16Cl2N2O2S. The van der Waals surface area contributed by atoms with Crippen molar-refractivity contribution in [1.82, 2.24) is 10.0 Å². The minimum atomic E-state index is -3.61. The van der Waals surface area contributed by atoms with Crippen molar-refractivity contribution in [2.45, 2.75) is 17.7 Å². The molecule has 19 heavy (non-hydrogen) atoms. The van der Waals surface area contributed by atoms with Crippen LogP contribution in [-0.4, -0.2) is 28.1 Å². The van der Waals surface area contributed by atoms with Gasteiger partial charge < -0.3 is 5.32 Å². The predicted octanol–water partition coefficient (Wildman–Crippen LogP) is 2.27. The second-order valence-corrected chi connectivity index (χ2v) is 7.14. The van der Waals surface area contributed by atoms with Crippen LogP contribution in [-0.2, 0) is 10.0 Å². The topological polar surface area (TPSA) is 58.2 Å². The summed E-state index contributed by atoms with van der Waals surface area (Å²) in [6.45, 7) is 2.26. The van der Waals surface area contributed by atoms with Crippen LogP contribution in [0.2, 0.25) is 10.0 Å². The first-order valence-electron chi connectivity index (χ1n) is 6.15. The summed E-state index contributed by atoms with van der Waals surface area (Å²) in [7, 11) is -3.61. The van der Waals surface area contributed by atoms with Gasteiger partial charge in [0, 0.05) is 6.54 Å². The van der Waals surface area contributed by atoms with E-state index in [9.17, 15) is 8.42 Å². The summed E-state index contributed by atoms with van der Waals surface area (Å²) >= 11 is 11.8. The van der Waals surface area contributed by atoms with E-state index >= 15 is 0 Å². The van der Waals surface area contributed by atoms with Crippen molar-refractivity contribution >= 4 is 33.2 Å². The number of piperidine rings is 1. The van der Waals surface area contributed by atoms with E-state index in [2.05, 4.69) is 10.0 Å². The number of nitrogens with one attached hydrogen (secondary N) is 2. The fraction of sp³-hybridized carbons (Fsp3) is 0.500.